The number of aromatic nitrogens is 1. The monoisotopic (exact) mass is 251 g/mol. The Balaban J connectivity index is 2.09. The molecule has 94 valence electrons. The van der Waals surface area contributed by atoms with E-state index in [2.05, 4.69) is 17.3 Å². The van der Waals surface area contributed by atoms with Crippen LogP contribution in [0.1, 0.15) is 23.2 Å². The van der Waals surface area contributed by atoms with Crippen LogP contribution in [-0.2, 0) is 13.5 Å². The zero-order valence-corrected chi connectivity index (χ0v) is 10.6. The van der Waals surface area contributed by atoms with E-state index in [9.17, 15) is 0 Å². The molecular weight excluding hydrogens is 238 g/mol. The second-order valence-electron chi connectivity index (χ2n) is 4.69. The topological polar surface area (TPSA) is 61.3 Å². The molecule has 0 saturated carbocycles. The third kappa shape index (κ3) is 1.71. The molecule has 2 aromatic rings. The fourth-order valence-corrected chi connectivity index (χ4v) is 2.65. The number of aryl methyl sites for hydroxylation is 1. The quantitative estimate of drug-likeness (QED) is 0.625. The van der Waals surface area contributed by atoms with Gasteiger partial charge < -0.3 is 9.77 Å². The molecular formula is C15H13N3O. The van der Waals surface area contributed by atoms with Crippen molar-refractivity contribution in [3.8, 4) is 17.3 Å². The second kappa shape index (κ2) is 4.29. The minimum Gasteiger partial charge on any atom is -0.411 e. The summed E-state index contributed by atoms with van der Waals surface area (Å²) in [6.07, 6.45) is 1.68. The summed E-state index contributed by atoms with van der Waals surface area (Å²) in [5.41, 5.74) is 5.74. The van der Waals surface area contributed by atoms with Crippen LogP contribution in [0.3, 0.4) is 0 Å². The van der Waals surface area contributed by atoms with Crippen molar-refractivity contribution in [2.24, 2.45) is 12.2 Å². The molecule has 1 aliphatic rings. The Bertz CT molecular complexity index is 719. The van der Waals surface area contributed by atoms with Crippen LogP contribution < -0.4 is 0 Å². The van der Waals surface area contributed by atoms with E-state index in [-0.39, 0.29) is 0 Å². The fraction of sp³-hybridized carbons (Fsp3) is 0.200. The maximum Gasteiger partial charge on any atom is 0.120 e. The minimum atomic E-state index is 0.646. The highest BCUT2D eigenvalue weighted by atomic mass is 16.4. The maximum atomic E-state index is 8.99. The molecule has 0 radical (unpaired) electrons. The van der Waals surface area contributed by atoms with Gasteiger partial charge in [-0.05, 0) is 42.2 Å². The van der Waals surface area contributed by atoms with Gasteiger partial charge >= 0.3 is 0 Å². The van der Waals surface area contributed by atoms with Crippen LogP contribution in [0.5, 0.6) is 0 Å². The standard InChI is InChI=1S/C15H13N3O/c1-18-12(9-16)4-7-15(18)11-2-5-13-10(8-11)3-6-14(13)17-19/h2,4-5,7-8,19H,3,6H2,1H3. The summed E-state index contributed by atoms with van der Waals surface area (Å²) in [7, 11) is 1.89. The summed E-state index contributed by atoms with van der Waals surface area (Å²) in [6.45, 7) is 0. The summed E-state index contributed by atoms with van der Waals surface area (Å²) in [6, 6.07) is 12.1. The molecule has 1 aromatic carbocycles. The van der Waals surface area contributed by atoms with Gasteiger partial charge in [0.15, 0.2) is 0 Å². The lowest BCUT2D eigenvalue weighted by Gasteiger charge is -2.07. The van der Waals surface area contributed by atoms with Gasteiger partial charge in [0.25, 0.3) is 0 Å². The van der Waals surface area contributed by atoms with E-state index in [1.165, 1.54) is 5.56 Å². The Morgan fingerprint density at radius 3 is 2.79 bits per heavy atom. The van der Waals surface area contributed by atoms with Crippen molar-refractivity contribution in [2.75, 3.05) is 0 Å². The van der Waals surface area contributed by atoms with Crippen molar-refractivity contribution >= 4 is 5.71 Å². The molecule has 4 heteroatoms. The van der Waals surface area contributed by atoms with Gasteiger partial charge in [0.2, 0.25) is 0 Å². The number of hydrogen-bond acceptors (Lipinski definition) is 3. The summed E-state index contributed by atoms with van der Waals surface area (Å²) < 4.78 is 1.89. The van der Waals surface area contributed by atoms with E-state index >= 15 is 0 Å². The number of fused-ring (bicyclic) bond motifs is 1. The van der Waals surface area contributed by atoms with Crippen LogP contribution in [0.15, 0.2) is 35.5 Å². The van der Waals surface area contributed by atoms with Gasteiger partial charge in [-0.25, -0.2) is 0 Å². The molecule has 0 fully saturated rings. The number of nitrogens with zero attached hydrogens (tertiary/aromatic N) is 3. The van der Waals surface area contributed by atoms with Crippen molar-refractivity contribution in [3.05, 3.63) is 47.2 Å². The zero-order chi connectivity index (χ0) is 13.4. The van der Waals surface area contributed by atoms with E-state index in [1.54, 1.807) is 0 Å². The van der Waals surface area contributed by atoms with Crippen LogP contribution in [0.4, 0.5) is 0 Å². The average Bonchev–Trinajstić information content (AvgIpc) is 3.00. The van der Waals surface area contributed by atoms with E-state index < -0.39 is 0 Å². The molecule has 0 unspecified atom stereocenters. The highest BCUT2D eigenvalue weighted by molar-refractivity contribution is 6.04. The summed E-state index contributed by atoms with van der Waals surface area (Å²) in [4.78, 5) is 0. The highest BCUT2D eigenvalue weighted by Gasteiger charge is 2.19. The van der Waals surface area contributed by atoms with Crippen molar-refractivity contribution in [1.29, 1.82) is 5.26 Å². The first-order chi connectivity index (χ1) is 9.24. The first-order valence-corrected chi connectivity index (χ1v) is 6.15. The van der Waals surface area contributed by atoms with Gasteiger partial charge in [0.05, 0.1) is 5.71 Å². The Hall–Kier alpha value is -2.54. The van der Waals surface area contributed by atoms with Gasteiger partial charge in [-0.3, -0.25) is 0 Å². The van der Waals surface area contributed by atoms with Gasteiger partial charge in [-0.15, -0.1) is 0 Å². The van der Waals surface area contributed by atoms with Crippen LogP contribution in [0.25, 0.3) is 11.3 Å². The third-order valence-corrected chi connectivity index (χ3v) is 3.70. The lowest BCUT2D eigenvalue weighted by atomic mass is 10.0. The smallest absolute Gasteiger partial charge is 0.120 e. The van der Waals surface area contributed by atoms with Crippen molar-refractivity contribution in [1.82, 2.24) is 4.57 Å². The molecule has 0 atom stereocenters. The van der Waals surface area contributed by atoms with Crippen LogP contribution in [0.2, 0.25) is 0 Å². The van der Waals surface area contributed by atoms with E-state index in [0.29, 0.717) is 5.69 Å². The van der Waals surface area contributed by atoms with Gasteiger partial charge in [0.1, 0.15) is 11.8 Å². The molecule has 0 bridgehead atoms. The molecule has 0 aliphatic heterocycles. The van der Waals surface area contributed by atoms with Crippen molar-refractivity contribution in [2.45, 2.75) is 12.8 Å². The Morgan fingerprint density at radius 1 is 1.26 bits per heavy atom. The Labute approximate surface area is 111 Å². The van der Waals surface area contributed by atoms with Crippen molar-refractivity contribution in [3.63, 3.8) is 0 Å². The number of nitriles is 1. The predicted molar refractivity (Wildman–Crippen MR) is 72.2 cm³/mol. The van der Waals surface area contributed by atoms with Crippen LogP contribution >= 0.6 is 0 Å². The number of benzene rings is 1. The average molecular weight is 251 g/mol. The first kappa shape index (κ1) is 11.5. The molecule has 1 aromatic heterocycles. The summed E-state index contributed by atoms with van der Waals surface area (Å²) in [5.74, 6) is 0. The molecule has 0 saturated heterocycles. The fourth-order valence-electron chi connectivity index (χ4n) is 2.65. The second-order valence-corrected chi connectivity index (χ2v) is 4.69. The zero-order valence-electron chi connectivity index (χ0n) is 10.6. The number of rotatable bonds is 1. The maximum absolute atomic E-state index is 8.99. The molecule has 4 nitrogen and oxygen atoms in total. The number of hydrogen-bond donors (Lipinski definition) is 1. The normalized spacial score (nSPS) is 15.5. The molecule has 0 spiro atoms. The first-order valence-electron chi connectivity index (χ1n) is 6.15. The minimum absolute atomic E-state index is 0.646. The van der Waals surface area contributed by atoms with Gasteiger partial charge in [0, 0.05) is 18.3 Å². The molecule has 1 N–H and O–H groups in total. The lowest BCUT2D eigenvalue weighted by Crippen LogP contribution is -1.96. The molecule has 19 heavy (non-hydrogen) atoms. The summed E-state index contributed by atoms with van der Waals surface area (Å²) >= 11 is 0. The molecule has 1 aliphatic carbocycles. The Morgan fingerprint density at radius 2 is 2.11 bits per heavy atom. The molecule has 1 heterocycles. The third-order valence-electron chi connectivity index (χ3n) is 3.70. The lowest BCUT2D eigenvalue weighted by molar-refractivity contribution is 0.318. The van der Waals surface area contributed by atoms with Gasteiger partial charge in [-0.2, -0.15) is 5.26 Å². The summed E-state index contributed by atoms with van der Waals surface area (Å²) in [5, 5.41) is 21.2. The number of oxime groups is 1. The van der Waals surface area contributed by atoms with Crippen LogP contribution in [0, 0.1) is 11.3 Å². The van der Waals surface area contributed by atoms with E-state index in [4.69, 9.17) is 10.5 Å². The van der Waals surface area contributed by atoms with Crippen LogP contribution in [-0.4, -0.2) is 15.5 Å². The SMILES string of the molecule is Cn1c(C#N)ccc1-c1ccc2c(c1)CCC2=NO. The Kier molecular flexibility index (Phi) is 2.60. The van der Waals surface area contributed by atoms with E-state index in [1.807, 2.05) is 35.9 Å². The molecule has 3 rings (SSSR count). The molecule has 0 amide bonds. The highest BCUT2D eigenvalue weighted by Crippen LogP contribution is 2.29. The predicted octanol–water partition coefficient (Wildman–Crippen LogP) is 2.69. The van der Waals surface area contributed by atoms with E-state index in [0.717, 1.165) is 35.4 Å². The van der Waals surface area contributed by atoms with Crippen molar-refractivity contribution < 1.29 is 5.21 Å². The van der Waals surface area contributed by atoms with Gasteiger partial charge in [-0.1, -0.05) is 17.3 Å². The largest absolute Gasteiger partial charge is 0.411 e.